The van der Waals surface area contributed by atoms with Gasteiger partial charge in [0.2, 0.25) is 0 Å². The number of rotatable bonds is 5. The summed E-state index contributed by atoms with van der Waals surface area (Å²) in [5.74, 6) is -0.468. The van der Waals surface area contributed by atoms with Gasteiger partial charge in [-0.3, -0.25) is 4.79 Å². The van der Waals surface area contributed by atoms with Gasteiger partial charge in [-0.05, 0) is 31.5 Å². The van der Waals surface area contributed by atoms with Crippen molar-refractivity contribution in [3.63, 3.8) is 0 Å². The van der Waals surface area contributed by atoms with Crippen LogP contribution in [0.4, 0.5) is 5.00 Å². The molecule has 1 saturated heterocycles. The van der Waals surface area contributed by atoms with E-state index >= 15 is 0 Å². The average molecular weight is 377 g/mol. The summed E-state index contributed by atoms with van der Waals surface area (Å²) in [6.45, 7) is 5.20. The van der Waals surface area contributed by atoms with Gasteiger partial charge in [0, 0.05) is 31.0 Å². The van der Waals surface area contributed by atoms with E-state index in [4.69, 9.17) is 4.74 Å². The number of aromatic nitrogens is 1. The summed E-state index contributed by atoms with van der Waals surface area (Å²) in [6.07, 6.45) is 4.25. The first-order valence-corrected chi connectivity index (χ1v) is 9.68. The fourth-order valence-corrected chi connectivity index (χ4v) is 4.82. The van der Waals surface area contributed by atoms with Crippen molar-refractivity contribution in [3.05, 3.63) is 40.0 Å². The van der Waals surface area contributed by atoms with Crippen molar-refractivity contribution >= 4 is 28.2 Å². The van der Waals surface area contributed by atoms with Gasteiger partial charge in [0.1, 0.15) is 11.0 Å². The fraction of sp³-hybridized carbons (Fsp3) is 0.474. The Balaban J connectivity index is 1.72. The molecule has 1 fully saturated rings. The van der Waals surface area contributed by atoms with Crippen LogP contribution in [-0.4, -0.2) is 36.6 Å². The largest absolute Gasteiger partial charge is 0.465 e. The number of hydrogen-bond donors (Lipinski definition) is 2. The van der Waals surface area contributed by atoms with Crippen molar-refractivity contribution in [1.29, 1.82) is 0 Å². The maximum Gasteiger partial charge on any atom is 0.341 e. The van der Waals surface area contributed by atoms with E-state index in [1.807, 2.05) is 33.2 Å². The molecule has 0 aliphatic carbocycles. The van der Waals surface area contributed by atoms with Gasteiger partial charge >= 0.3 is 5.97 Å². The van der Waals surface area contributed by atoms with Gasteiger partial charge in [-0.15, -0.1) is 11.3 Å². The zero-order valence-corrected chi connectivity index (χ0v) is 16.5. The maximum absolute atomic E-state index is 12.7. The number of nitrogens with zero attached hydrogens (tertiary/aromatic N) is 1. The van der Waals surface area contributed by atoms with Crippen LogP contribution in [0.2, 0.25) is 0 Å². The van der Waals surface area contributed by atoms with Crippen LogP contribution in [0.3, 0.4) is 0 Å². The average Bonchev–Trinajstić information content (AvgIpc) is 3.28. The third kappa shape index (κ3) is 3.54. The lowest BCUT2D eigenvalue weighted by atomic mass is 10.1. The number of quaternary nitrogens is 1. The Morgan fingerprint density at radius 1 is 1.42 bits per heavy atom. The molecule has 0 bridgehead atoms. The Kier molecular flexibility index (Phi) is 5.48. The van der Waals surface area contributed by atoms with Crippen LogP contribution in [0.1, 0.15) is 45.4 Å². The third-order valence-electron chi connectivity index (χ3n) is 5.24. The van der Waals surface area contributed by atoms with Crippen LogP contribution in [0.15, 0.2) is 18.3 Å². The molecule has 7 heteroatoms. The van der Waals surface area contributed by atoms with Crippen LogP contribution in [-0.2, 0) is 16.6 Å². The smallest absolute Gasteiger partial charge is 0.341 e. The molecule has 2 aromatic rings. The van der Waals surface area contributed by atoms with E-state index in [-0.39, 0.29) is 5.91 Å². The van der Waals surface area contributed by atoms with Crippen LogP contribution in [0.25, 0.3) is 0 Å². The standard InChI is InChI=1S/C19H25N3O3S/c1-12-13(2)26-18(17(12)19(24)25-4)20-16(23)11-22-10-6-8-15(22)14-7-5-9-21(14)3/h5,7,9,15H,6,8,10-11H2,1-4H3,(H,20,23)/p+1/t15-/m1/s1. The van der Waals surface area contributed by atoms with E-state index in [0.29, 0.717) is 23.2 Å². The van der Waals surface area contributed by atoms with Gasteiger partial charge in [0.05, 0.1) is 24.9 Å². The van der Waals surface area contributed by atoms with Gasteiger partial charge in [-0.1, -0.05) is 0 Å². The number of methoxy groups -OCH3 is 1. The summed E-state index contributed by atoms with van der Waals surface area (Å²) in [4.78, 5) is 27.0. The zero-order valence-electron chi connectivity index (χ0n) is 15.7. The minimum atomic E-state index is -0.405. The van der Waals surface area contributed by atoms with E-state index in [0.717, 1.165) is 29.8 Å². The van der Waals surface area contributed by atoms with Gasteiger partial charge < -0.3 is 19.5 Å². The third-order valence-corrected chi connectivity index (χ3v) is 6.36. The van der Waals surface area contributed by atoms with Crippen molar-refractivity contribution in [2.24, 2.45) is 7.05 Å². The van der Waals surface area contributed by atoms with Crippen molar-refractivity contribution in [1.82, 2.24) is 4.57 Å². The van der Waals surface area contributed by atoms with Gasteiger partial charge in [-0.25, -0.2) is 4.79 Å². The molecule has 0 saturated carbocycles. The minimum absolute atomic E-state index is 0.0625. The van der Waals surface area contributed by atoms with Crippen molar-refractivity contribution in [2.75, 3.05) is 25.5 Å². The van der Waals surface area contributed by atoms with Gasteiger partial charge in [0.15, 0.2) is 6.54 Å². The molecule has 6 nitrogen and oxygen atoms in total. The monoisotopic (exact) mass is 376 g/mol. The summed E-state index contributed by atoms with van der Waals surface area (Å²) in [5.41, 5.74) is 2.61. The molecule has 3 rings (SSSR count). The van der Waals surface area contributed by atoms with Gasteiger partial charge in [0.25, 0.3) is 5.91 Å². The predicted octanol–water partition coefficient (Wildman–Crippen LogP) is 1.85. The lowest BCUT2D eigenvalue weighted by Gasteiger charge is -2.21. The second-order valence-corrected chi connectivity index (χ2v) is 8.08. The normalized spacial score (nSPS) is 19.5. The SMILES string of the molecule is COC(=O)c1c(NC(=O)C[NH+]2CCC[C@@H]2c2cccn2C)sc(C)c1C. The summed E-state index contributed by atoms with van der Waals surface area (Å²) in [7, 11) is 3.41. The number of aryl methyl sites for hydroxylation is 2. The van der Waals surface area contributed by atoms with Gasteiger partial charge in [-0.2, -0.15) is 0 Å². The van der Waals surface area contributed by atoms with Crippen molar-refractivity contribution in [3.8, 4) is 0 Å². The van der Waals surface area contributed by atoms with Crippen LogP contribution < -0.4 is 10.2 Å². The Morgan fingerprint density at radius 2 is 2.19 bits per heavy atom. The van der Waals surface area contributed by atoms with Crippen molar-refractivity contribution in [2.45, 2.75) is 32.7 Å². The summed E-state index contributed by atoms with van der Waals surface area (Å²) < 4.78 is 7.01. The zero-order chi connectivity index (χ0) is 18.8. The first kappa shape index (κ1) is 18.7. The number of thiophene rings is 1. The molecule has 3 heterocycles. The van der Waals surface area contributed by atoms with E-state index in [2.05, 4.69) is 16.0 Å². The first-order valence-electron chi connectivity index (χ1n) is 8.86. The molecule has 0 spiro atoms. The molecule has 1 aliphatic rings. The van der Waals surface area contributed by atoms with E-state index in [1.54, 1.807) is 0 Å². The number of esters is 1. The molecule has 26 heavy (non-hydrogen) atoms. The summed E-state index contributed by atoms with van der Waals surface area (Å²) >= 11 is 1.43. The number of nitrogens with one attached hydrogen (secondary N) is 2. The Morgan fingerprint density at radius 3 is 2.85 bits per heavy atom. The topological polar surface area (TPSA) is 64.8 Å². The molecule has 0 radical (unpaired) electrons. The molecular weight excluding hydrogens is 350 g/mol. The lowest BCUT2D eigenvalue weighted by Crippen LogP contribution is -3.11. The molecule has 0 aromatic carbocycles. The van der Waals surface area contributed by atoms with Crippen molar-refractivity contribution < 1.29 is 19.2 Å². The number of amides is 1. The van der Waals surface area contributed by atoms with Crippen LogP contribution >= 0.6 is 11.3 Å². The second-order valence-electron chi connectivity index (χ2n) is 6.85. The molecule has 2 aromatic heterocycles. The molecule has 1 amide bonds. The minimum Gasteiger partial charge on any atom is -0.465 e. The number of ether oxygens (including phenoxy) is 1. The molecule has 2 atom stereocenters. The number of carbonyl (C=O) groups is 2. The molecular formula is C19H26N3O3S+. The molecule has 140 valence electrons. The number of likely N-dealkylation sites (tertiary alicyclic amines) is 1. The summed E-state index contributed by atoms with van der Waals surface area (Å²) in [6, 6.07) is 4.52. The quantitative estimate of drug-likeness (QED) is 0.783. The number of hydrogen-bond acceptors (Lipinski definition) is 4. The number of anilines is 1. The van der Waals surface area contributed by atoms with E-state index < -0.39 is 5.97 Å². The highest BCUT2D eigenvalue weighted by atomic mass is 32.1. The predicted molar refractivity (Wildman–Crippen MR) is 102 cm³/mol. The Labute approximate surface area is 157 Å². The van der Waals surface area contributed by atoms with Crippen LogP contribution in [0.5, 0.6) is 0 Å². The van der Waals surface area contributed by atoms with E-state index in [9.17, 15) is 9.59 Å². The highest BCUT2D eigenvalue weighted by Gasteiger charge is 2.33. The highest BCUT2D eigenvalue weighted by molar-refractivity contribution is 7.16. The van der Waals surface area contributed by atoms with E-state index in [1.165, 1.54) is 29.0 Å². The Bertz CT molecular complexity index is 824. The Hall–Kier alpha value is -2.12. The first-order chi connectivity index (χ1) is 12.4. The second kappa shape index (κ2) is 7.63. The fourth-order valence-electron chi connectivity index (χ4n) is 3.76. The molecule has 2 N–H and O–H groups in total. The lowest BCUT2D eigenvalue weighted by molar-refractivity contribution is -0.910. The molecule has 1 unspecified atom stereocenters. The molecule has 1 aliphatic heterocycles. The highest BCUT2D eigenvalue weighted by Crippen LogP contribution is 2.32. The summed E-state index contributed by atoms with van der Waals surface area (Å²) in [5, 5.41) is 3.53. The number of carbonyl (C=O) groups excluding carboxylic acids is 2. The maximum atomic E-state index is 12.7. The van der Waals surface area contributed by atoms with Crippen LogP contribution in [0, 0.1) is 13.8 Å².